The summed E-state index contributed by atoms with van der Waals surface area (Å²) in [7, 11) is 0. The average Bonchev–Trinajstić information content (AvgIpc) is 2.81. The first-order valence-electron chi connectivity index (χ1n) is 8.74. The minimum Gasteiger partial charge on any atom is -0.456 e. The van der Waals surface area contributed by atoms with Crippen LogP contribution in [0, 0.1) is 10.8 Å². The fourth-order valence-corrected chi connectivity index (χ4v) is 5.08. The molecule has 1 fully saturated rings. The van der Waals surface area contributed by atoms with Crippen molar-refractivity contribution in [1.82, 2.24) is 0 Å². The summed E-state index contributed by atoms with van der Waals surface area (Å²) in [6.45, 7) is 9.69. The van der Waals surface area contributed by atoms with Gasteiger partial charge in [-0.05, 0) is 59.8 Å². The second-order valence-corrected chi connectivity index (χ2v) is 8.96. The van der Waals surface area contributed by atoms with E-state index in [1.165, 1.54) is 35.6 Å². The highest BCUT2D eigenvalue weighted by atomic mass is 16.3. The van der Waals surface area contributed by atoms with Crippen LogP contribution in [-0.2, 0) is 0 Å². The van der Waals surface area contributed by atoms with Gasteiger partial charge in [-0.15, -0.1) is 0 Å². The molecule has 0 bridgehead atoms. The normalized spacial score (nSPS) is 21.0. The van der Waals surface area contributed by atoms with Crippen molar-refractivity contribution >= 4 is 21.9 Å². The van der Waals surface area contributed by atoms with E-state index < -0.39 is 0 Å². The van der Waals surface area contributed by atoms with Crippen molar-refractivity contribution in [3.05, 3.63) is 48.0 Å². The molecule has 23 heavy (non-hydrogen) atoms. The Bertz CT molecular complexity index is 850. The molecule has 0 aliphatic heterocycles. The number of furan rings is 1. The second kappa shape index (κ2) is 4.87. The van der Waals surface area contributed by atoms with Gasteiger partial charge in [0.1, 0.15) is 11.2 Å². The van der Waals surface area contributed by atoms with Gasteiger partial charge in [-0.1, -0.05) is 52.0 Å². The van der Waals surface area contributed by atoms with Crippen LogP contribution in [0.5, 0.6) is 0 Å². The number of hydrogen-bond acceptors (Lipinski definition) is 1. The van der Waals surface area contributed by atoms with Gasteiger partial charge in [0.15, 0.2) is 0 Å². The maximum Gasteiger partial charge on any atom is 0.135 e. The molecule has 0 amide bonds. The quantitative estimate of drug-likeness (QED) is 0.476. The van der Waals surface area contributed by atoms with E-state index in [1.54, 1.807) is 0 Å². The third-order valence-electron chi connectivity index (χ3n) is 5.43. The Morgan fingerprint density at radius 2 is 1.48 bits per heavy atom. The lowest BCUT2D eigenvalue weighted by Gasteiger charge is -2.45. The summed E-state index contributed by atoms with van der Waals surface area (Å²) >= 11 is 0. The van der Waals surface area contributed by atoms with Crippen LogP contribution in [0.4, 0.5) is 0 Å². The van der Waals surface area contributed by atoms with Crippen molar-refractivity contribution in [3.63, 3.8) is 0 Å². The molecule has 0 spiro atoms. The molecule has 1 saturated carbocycles. The Morgan fingerprint density at radius 1 is 0.826 bits per heavy atom. The third kappa shape index (κ3) is 2.67. The highest BCUT2D eigenvalue weighted by molar-refractivity contribution is 6.05. The first-order valence-corrected chi connectivity index (χ1v) is 8.74. The molecule has 1 nitrogen and oxygen atoms in total. The van der Waals surface area contributed by atoms with Crippen LogP contribution in [0.2, 0.25) is 0 Å². The molecule has 3 aromatic rings. The van der Waals surface area contributed by atoms with E-state index in [9.17, 15) is 0 Å². The molecule has 1 aliphatic carbocycles. The Hall–Kier alpha value is -1.76. The maximum atomic E-state index is 5.98. The zero-order chi connectivity index (χ0) is 16.2. The van der Waals surface area contributed by atoms with Gasteiger partial charge < -0.3 is 4.42 Å². The van der Waals surface area contributed by atoms with E-state index >= 15 is 0 Å². The van der Waals surface area contributed by atoms with E-state index in [2.05, 4.69) is 64.1 Å². The zero-order valence-corrected chi connectivity index (χ0v) is 14.6. The molecule has 1 heteroatoms. The highest BCUT2D eigenvalue weighted by Gasteiger charge is 2.38. The molecule has 1 aliphatic rings. The molecule has 120 valence electrons. The molecule has 0 unspecified atom stereocenters. The van der Waals surface area contributed by atoms with Gasteiger partial charge in [-0.3, -0.25) is 0 Å². The minimum atomic E-state index is 0.417. The van der Waals surface area contributed by atoms with Crippen LogP contribution in [0.25, 0.3) is 21.9 Å². The van der Waals surface area contributed by atoms with Crippen molar-refractivity contribution < 1.29 is 4.42 Å². The lowest BCUT2D eigenvalue weighted by atomic mass is 9.60. The smallest absolute Gasteiger partial charge is 0.135 e. The van der Waals surface area contributed by atoms with Gasteiger partial charge in [0, 0.05) is 10.8 Å². The summed E-state index contributed by atoms with van der Waals surface area (Å²) in [6, 6.07) is 15.2. The van der Waals surface area contributed by atoms with E-state index in [1.807, 2.05) is 6.07 Å². The predicted octanol–water partition coefficient (Wildman–Crippen LogP) is 6.91. The molecule has 0 saturated heterocycles. The minimum absolute atomic E-state index is 0.417. The monoisotopic (exact) mass is 306 g/mol. The predicted molar refractivity (Wildman–Crippen MR) is 97.9 cm³/mol. The molecule has 1 heterocycles. The molecular weight excluding hydrogens is 280 g/mol. The summed E-state index contributed by atoms with van der Waals surface area (Å²) in [4.78, 5) is 0. The topological polar surface area (TPSA) is 13.1 Å². The fraction of sp³-hybridized carbons (Fsp3) is 0.455. The molecule has 2 aromatic carbocycles. The first kappa shape index (κ1) is 14.8. The van der Waals surface area contributed by atoms with Crippen LogP contribution in [0.1, 0.15) is 58.4 Å². The van der Waals surface area contributed by atoms with Gasteiger partial charge in [0.05, 0.1) is 0 Å². The third-order valence-corrected chi connectivity index (χ3v) is 5.43. The summed E-state index contributed by atoms with van der Waals surface area (Å²) < 4.78 is 5.98. The first-order chi connectivity index (χ1) is 10.8. The van der Waals surface area contributed by atoms with Crippen LogP contribution in [-0.4, -0.2) is 0 Å². The van der Waals surface area contributed by atoms with Crippen LogP contribution >= 0.6 is 0 Å². The van der Waals surface area contributed by atoms with E-state index in [0.29, 0.717) is 16.7 Å². The molecule has 4 rings (SSSR count). The SMILES string of the molecule is CC1(C)CC(c2ccc3oc4ccccc4c3c2)CC(C)(C)C1. The van der Waals surface area contributed by atoms with E-state index in [-0.39, 0.29) is 0 Å². The fourth-order valence-electron chi connectivity index (χ4n) is 5.08. The molecule has 0 atom stereocenters. The molecular formula is C22H26O. The molecule has 0 radical (unpaired) electrons. The molecule has 0 N–H and O–H groups in total. The summed E-state index contributed by atoms with van der Waals surface area (Å²) in [5.41, 5.74) is 4.30. The lowest BCUT2D eigenvalue weighted by Crippen LogP contribution is -2.32. The van der Waals surface area contributed by atoms with E-state index in [0.717, 1.165) is 11.2 Å². The summed E-state index contributed by atoms with van der Waals surface area (Å²) in [5.74, 6) is 0.645. The van der Waals surface area contributed by atoms with Crippen molar-refractivity contribution in [2.45, 2.75) is 52.9 Å². The van der Waals surface area contributed by atoms with Gasteiger partial charge >= 0.3 is 0 Å². The van der Waals surface area contributed by atoms with Crippen LogP contribution in [0.3, 0.4) is 0 Å². The summed E-state index contributed by atoms with van der Waals surface area (Å²) in [6.07, 6.45) is 3.86. The highest BCUT2D eigenvalue weighted by Crippen LogP contribution is 2.52. The number of fused-ring (bicyclic) bond motifs is 3. The van der Waals surface area contributed by atoms with Crippen molar-refractivity contribution in [3.8, 4) is 0 Å². The largest absolute Gasteiger partial charge is 0.456 e. The average molecular weight is 306 g/mol. The Balaban J connectivity index is 1.81. The standard InChI is InChI=1S/C22H26O/c1-21(2)12-16(13-22(3,4)14-21)15-9-10-20-18(11-15)17-7-5-6-8-19(17)23-20/h5-11,16H,12-14H2,1-4H3. The summed E-state index contributed by atoms with van der Waals surface area (Å²) in [5, 5.41) is 2.50. The zero-order valence-electron chi connectivity index (χ0n) is 14.6. The second-order valence-electron chi connectivity index (χ2n) is 8.96. The van der Waals surface area contributed by atoms with Gasteiger partial charge in [-0.2, -0.15) is 0 Å². The number of rotatable bonds is 1. The Kier molecular flexibility index (Phi) is 3.13. The van der Waals surface area contributed by atoms with Crippen molar-refractivity contribution in [2.24, 2.45) is 10.8 Å². The van der Waals surface area contributed by atoms with Gasteiger partial charge in [-0.25, -0.2) is 0 Å². The van der Waals surface area contributed by atoms with Crippen molar-refractivity contribution in [1.29, 1.82) is 0 Å². The van der Waals surface area contributed by atoms with Gasteiger partial charge in [0.2, 0.25) is 0 Å². The van der Waals surface area contributed by atoms with Gasteiger partial charge in [0.25, 0.3) is 0 Å². The van der Waals surface area contributed by atoms with Crippen LogP contribution < -0.4 is 0 Å². The number of benzene rings is 2. The van der Waals surface area contributed by atoms with Crippen molar-refractivity contribution in [2.75, 3.05) is 0 Å². The lowest BCUT2D eigenvalue weighted by molar-refractivity contribution is 0.0969. The maximum absolute atomic E-state index is 5.98. The molecule has 1 aromatic heterocycles. The number of hydrogen-bond donors (Lipinski definition) is 0. The van der Waals surface area contributed by atoms with E-state index in [4.69, 9.17) is 4.42 Å². The van der Waals surface area contributed by atoms with Crippen LogP contribution in [0.15, 0.2) is 46.9 Å². The Labute approximate surface area is 138 Å². The number of para-hydroxylation sites is 1. The Morgan fingerprint density at radius 3 is 2.22 bits per heavy atom.